The lowest BCUT2D eigenvalue weighted by Gasteiger charge is -2.31. The molecule has 0 bridgehead atoms. The molecule has 0 atom stereocenters. The van der Waals surface area contributed by atoms with Gasteiger partial charge in [-0.25, -0.2) is 19.2 Å². The summed E-state index contributed by atoms with van der Waals surface area (Å²) in [6, 6.07) is 5.59. The van der Waals surface area contributed by atoms with Gasteiger partial charge in [-0.05, 0) is 68.2 Å². The molecule has 39 heavy (non-hydrogen) atoms. The highest BCUT2D eigenvalue weighted by molar-refractivity contribution is 7.99. The van der Waals surface area contributed by atoms with E-state index in [2.05, 4.69) is 15.3 Å². The second kappa shape index (κ2) is 10.4. The Labute approximate surface area is 225 Å². The Morgan fingerprint density at radius 3 is 2.44 bits per heavy atom. The highest BCUT2D eigenvalue weighted by atomic mass is 32.2. The van der Waals surface area contributed by atoms with Gasteiger partial charge in [-0.1, -0.05) is 6.07 Å². The number of hydrogen-bond acceptors (Lipinski definition) is 7. The van der Waals surface area contributed by atoms with E-state index in [1.807, 2.05) is 11.8 Å². The molecule has 0 aromatic carbocycles. The van der Waals surface area contributed by atoms with E-state index in [9.17, 15) is 23.6 Å². The number of nitrogens with one attached hydrogen (secondary N) is 1. The first kappa shape index (κ1) is 25.5. The lowest BCUT2D eigenvalue weighted by molar-refractivity contribution is 0.0919. The topological polar surface area (TPSA) is 120 Å². The molecule has 2 fully saturated rings. The maximum absolute atomic E-state index is 14.1. The van der Waals surface area contributed by atoms with Crippen LogP contribution in [0, 0.1) is 5.82 Å². The highest BCUT2D eigenvalue weighted by Crippen LogP contribution is 2.30. The van der Waals surface area contributed by atoms with E-state index in [-0.39, 0.29) is 34.7 Å². The first-order valence-corrected chi connectivity index (χ1v) is 14.2. The van der Waals surface area contributed by atoms with Crippen molar-refractivity contribution in [3.63, 3.8) is 0 Å². The zero-order chi connectivity index (χ0) is 27.1. The van der Waals surface area contributed by atoms with Crippen molar-refractivity contribution in [2.24, 2.45) is 0 Å². The summed E-state index contributed by atoms with van der Waals surface area (Å²) in [5.74, 6) is 0.678. The van der Waals surface area contributed by atoms with Crippen LogP contribution in [0.5, 0.6) is 0 Å². The molecule has 0 unspecified atom stereocenters. The average Bonchev–Trinajstić information content (AvgIpc) is 2.95. The molecule has 1 saturated heterocycles. The maximum Gasteiger partial charge on any atom is 0.333 e. The van der Waals surface area contributed by atoms with Crippen LogP contribution in [0.2, 0.25) is 0 Å². The molecule has 12 heteroatoms. The van der Waals surface area contributed by atoms with Crippen LogP contribution in [0.3, 0.4) is 0 Å². The number of amides is 1. The fraction of sp³-hybridized carbons (Fsp3) is 0.407. The lowest BCUT2D eigenvalue weighted by Crippen LogP contribution is -2.47. The van der Waals surface area contributed by atoms with Gasteiger partial charge in [0.15, 0.2) is 0 Å². The molecule has 202 valence electrons. The zero-order valence-corrected chi connectivity index (χ0v) is 21.9. The molecule has 0 radical (unpaired) electrons. The predicted molar refractivity (Wildman–Crippen MR) is 146 cm³/mol. The molecule has 1 amide bonds. The SMILES string of the molecule is O=C(NC1CCC(n2c(=O)c3cc(F)cnc3n(C3CCSCC3)c2=O)CC1)c1cnc2ccccn2c1=O. The maximum atomic E-state index is 14.1. The van der Waals surface area contributed by atoms with Crippen molar-refractivity contribution in [2.75, 3.05) is 11.5 Å². The van der Waals surface area contributed by atoms with E-state index in [4.69, 9.17) is 0 Å². The molecule has 1 saturated carbocycles. The van der Waals surface area contributed by atoms with Gasteiger partial charge < -0.3 is 5.32 Å². The number of rotatable bonds is 4. The summed E-state index contributed by atoms with van der Waals surface area (Å²) in [6.45, 7) is 0. The second-order valence-electron chi connectivity index (χ2n) is 10.1. The van der Waals surface area contributed by atoms with Crippen molar-refractivity contribution in [2.45, 2.75) is 56.7 Å². The molecule has 1 aliphatic heterocycles. The largest absolute Gasteiger partial charge is 0.349 e. The van der Waals surface area contributed by atoms with E-state index >= 15 is 0 Å². The molecule has 5 heterocycles. The van der Waals surface area contributed by atoms with Crippen molar-refractivity contribution >= 4 is 34.3 Å². The van der Waals surface area contributed by atoms with Gasteiger partial charge in [-0.3, -0.25) is 27.9 Å². The Bertz CT molecular complexity index is 1750. The summed E-state index contributed by atoms with van der Waals surface area (Å²) in [7, 11) is 0. The first-order valence-electron chi connectivity index (χ1n) is 13.1. The van der Waals surface area contributed by atoms with Crippen LogP contribution in [-0.4, -0.2) is 47.0 Å². The molecule has 6 rings (SSSR count). The Morgan fingerprint density at radius 2 is 1.67 bits per heavy atom. The summed E-state index contributed by atoms with van der Waals surface area (Å²) in [5.41, 5.74) is -0.757. The summed E-state index contributed by atoms with van der Waals surface area (Å²) in [4.78, 5) is 61.2. The predicted octanol–water partition coefficient (Wildman–Crippen LogP) is 2.69. The van der Waals surface area contributed by atoms with E-state index in [0.717, 1.165) is 36.6 Å². The Balaban J connectivity index is 1.25. The van der Waals surface area contributed by atoms with Crippen molar-refractivity contribution in [1.82, 2.24) is 28.8 Å². The van der Waals surface area contributed by atoms with Gasteiger partial charge in [0.2, 0.25) is 0 Å². The van der Waals surface area contributed by atoms with Gasteiger partial charge in [0, 0.05) is 30.5 Å². The van der Waals surface area contributed by atoms with Gasteiger partial charge in [-0.2, -0.15) is 11.8 Å². The van der Waals surface area contributed by atoms with Crippen molar-refractivity contribution in [1.29, 1.82) is 0 Å². The first-order chi connectivity index (χ1) is 18.9. The number of fused-ring (bicyclic) bond motifs is 2. The molecule has 1 aliphatic carbocycles. The number of aromatic nitrogens is 5. The van der Waals surface area contributed by atoms with E-state index < -0.39 is 28.5 Å². The molecule has 4 aromatic rings. The smallest absolute Gasteiger partial charge is 0.333 e. The summed E-state index contributed by atoms with van der Waals surface area (Å²) in [5, 5.41) is 3.02. The third-order valence-corrected chi connectivity index (χ3v) is 8.78. The van der Waals surface area contributed by atoms with Gasteiger partial charge in [0.25, 0.3) is 17.0 Å². The minimum atomic E-state index is -0.624. The third kappa shape index (κ3) is 4.66. The van der Waals surface area contributed by atoms with E-state index in [1.54, 1.807) is 29.0 Å². The van der Waals surface area contributed by atoms with E-state index in [1.165, 1.54) is 15.2 Å². The zero-order valence-electron chi connectivity index (χ0n) is 21.1. The van der Waals surface area contributed by atoms with Crippen LogP contribution < -0.4 is 22.1 Å². The lowest BCUT2D eigenvalue weighted by atomic mass is 9.90. The fourth-order valence-electron chi connectivity index (χ4n) is 5.72. The monoisotopic (exact) mass is 550 g/mol. The van der Waals surface area contributed by atoms with Crippen LogP contribution in [0.4, 0.5) is 4.39 Å². The van der Waals surface area contributed by atoms with Crippen LogP contribution in [0.1, 0.15) is 61.0 Å². The number of nitrogens with zero attached hydrogens (tertiary/aromatic N) is 5. The van der Waals surface area contributed by atoms with E-state index in [0.29, 0.717) is 31.3 Å². The average molecular weight is 551 g/mol. The van der Waals surface area contributed by atoms with Gasteiger partial charge in [0.1, 0.15) is 22.7 Å². The fourth-order valence-corrected chi connectivity index (χ4v) is 6.80. The molecule has 0 spiro atoms. The quantitative estimate of drug-likeness (QED) is 0.415. The molecular weight excluding hydrogens is 523 g/mol. The van der Waals surface area contributed by atoms with Gasteiger partial charge >= 0.3 is 5.69 Å². The van der Waals surface area contributed by atoms with Crippen LogP contribution in [-0.2, 0) is 0 Å². The molecule has 4 aromatic heterocycles. The molecule has 1 N–H and O–H groups in total. The number of carbonyl (C=O) groups is 1. The highest BCUT2D eigenvalue weighted by Gasteiger charge is 2.30. The summed E-state index contributed by atoms with van der Waals surface area (Å²) >= 11 is 1.82. The summed E-state index contributed by atoms with van der Waals surface area (Å²) in [6.07, 6.45) is 7.44. The molecule has 10 nitrogen and oxygen atoms in total. The Hall–Kier alpha value is -3.80. The number of carbonyl (C=O) groups excluding carboxylic acids is 1. The minimum absolute atomic E-state index is 0.0466. The standard InChI is InChI=1S/C27H27FN6O4S/c28-16-13-20-23(30-14-16)33(19-8-11-39-12-9-19)27(38)34(26(20)37)18-6-4-17(5-7-18)31-24(35)21-15-29-22-3-1-2-10-32(22)25(21)36/h1-3,10,13-15,17-19H,4-9,11-12H2,(H,31,35). The Morgan fingerprint density at radius 1 is 0.923 bits per heavy atom. The number of hydrogen-bond donors (Lipinski definition) is 1. The van der Waals surface area contributed by atoms with Gasteiger partial charge in [0.05, 0.1) is 11.6 Å². The van der Waals surface area contributed by atoms with Crippen molar-refractivity contribution in [3.05, 3.63) is 85.4 Å². The minimum Gasteiger partial charge on any atom is -0.349 e. The van der Waals surface area contributed by atoms with Crippen molar-refractivity contribution in [3.8, 4) is 0 Å². The van der Waals surface area contributed by atoms with Crippen molar-refractivity contribution < 1.29 is 9.18 Å². The van der Waals surface area contributed by atoms with Crippen LogP contribution in [0.25, 0.3) is 16.7 Å². The second-order valence-corrected chi connectivity index (χ2v) is 11.3. The van der Waals surface area contributed by atoms with Crippen LogP contribution >= 0.6 is 11.8 Å². The van der Waals surface area contributed by atoms with Crippen LogP contribution in [0.15, 0.2) is 57.2 Å². The molecule has 2 aliphatic rings. The molecular formula is C27H27FN6O4S. The number of thioether (sulfide) groups is 1. The number of halogens is 1. The van der Waals surface area contributed by atoms with Gasteiger partial charge in [-0.15, -0.1) is 0 Å². The summed E-state index contributed by atoms with van der Waals surface area (Å²) < 4.78 is 18.3. The Kier molecular flexibility index (Phi) is 6.79. The number of pyridine rings is 2. The third-order valence-electron chi connectivity index (χ3n) is 7.73. The normalized spacial score (nSPS) is 20.3.